The Balaban J connectivity index is 1.18. The number of amides is 1. The van der Waals surface area contributed by atoms with Crippen LogP contribution in [0.3, 0.4) is 0 Å². The standard InChI is InChI=1S/C34H34N6O/c1-22-6-3-10-29(36-22)26-9-4-8-25-28(21-37(2)33(25)26)34(41)40-15-12-23-18-30-27(19-32(23)40)31(11-13-35-30)39-17-16-38-14-5-7-24(38)20-39/h3-4,6,8-11,13,18-19,21,24H,5,7,12,14-17,20H2,1-2H3/t24-/m0/s1. The molecule has 7 nitrogen and oxygen atoms in total. The minimum atomic E-state index is 0.0491. The summed E-state index contributed by atoms with van der Waals surface area (Å²) in [4.78, 5) is 30.9. The van der Waals surface area contributed by atoms with Gasteiger partial charge in [0.05, 0.1) is 22.3 Å². The van der Waals surface area contributed by atoms with Crippen molar-refractivity contribution in [2.24, 2.45) is 7.05 Å². The Labute approximate surface area is 240 Å². The first kappa shape index (κ1) is 24.6. The molecule has 206 valence electrons. The fourth-order valence-corrected chi connectivity index (χ4v) is 7.39. The lowest BCUT2D eigenvalue weighted by Crippen LogP contribution is -2.50. The Morgan fingerprint density at radius 3 is 2.76 bits per heavy atom. The number of rotatable bonds is 3. The molecule has 0 radical (unpaired) electrons. The predicted octanol–water partition coefficient (Wildman–Crippen LogP) is 5.58. The molecule has 7 heteroatoms. The van der Waals surface area contributed by atoms with Gasteiger partial charge in [-0.1, -0.05) is 24.3 Å². The monoisotopic (exact) mass is 542 g/mol. The van der Waals surface area contributed by atoms with Crippen molar-refractivity contribution in [3.63, 3.8) is 0 Å². The number of aromatic nitrogens is 3. The van der Waals surface area contributed by atoms with E-state index in [0.29, 0.717) is 12.6 Å². The van der Waals surface area contributed by atoms with E-state index < -0.39 is 0 Å². The minimum Gasteiger partial charge on any atom is -0.368 e. The van der Waals surface area contributed by atoms with Crippen molar-refractivity contribution in [2.45, 2.75) is 32.2 Å². The summed E-state index contributed by atoms with van der Waals surface area (Å²) >= 11 is 0. The van der Waals surface area contributed by atoms with E-state index in [1.807, 2.05) is 55.5 Å². The number of hydrogen-bond acceptors (Lipinski definition) is 5. The maximum absolute atomic E-state index is 14.3. The molecule has 1 atom stereocenters. The van der Waals surface area contributed by atoms with E-state index in [1.54, 1.807) is 0 Å². The molecule has 2 fully saturated rings. The van der Waals surface area contributed by atoms with Gasteiger partial charge in [0.25, 0.3) is 5.91 Å². The van der Waals surface area contributed by atoms with Crippen molar-refractivity contribution in [1.29, 1.82) is 0 Å². The summed E-state index contributed by atoms with van der Waals surface area (Å²) < 4.78 is 2.07. The maximum Gasteiger partial charge on any atom is 0.260 e. The quantitative estimate of drug-likeness (QED) is 0.298. The lowest BCUT2D eigenvalue weighted by molar-refractivity contribution is 0.0991. The van der Waals surface area contributed by atoms with Gasteiger partial charge in [-0.05, 0) is 68.6 Å². The molecule has 3 aromatic heterocycles. The third kappa shape index (κ3) is 3.94. The predicted molar refractivity (Wildman–Crippen MR) is 165 cm³/mol. The fraction of sp³-hybridized carbons (Fsp3) is 0.324. The van der Waals surface area contributed by atoms with Crippen LogP contribution < -0.4 is 9.80 Å². The van der Waals surface area contributed by atoms with Crippen LogP contribution in [0.2, 0.25) is 0 Å². The second-order valence-corrected chi connectivity index (χ2v) is 11.8. The lowest BCUT2D eigenvalue weighted by atomic mass is 10.0. The highest BCUT2D eigenvalue weighted by Gasteiger charge is 2.33. The summed E-state index contributed by atoms with van der Waals surface area (Å²) in [7, 11) is 2.02. The zero-order chi connectivity index (χ0) is 27.7. The van der Waals surface area contributed by atoms with Crippen LogP contribution in [0.15, 0.2) is 67.0 Å². The average Bonchev–Trinajstić information content (AvgIpc) is 3.72. The number of hydrogen-bond donors (Lipinski definition) is 0. The van der Waals surface area contributed by atoms with Crippen LogP contribution in [0.5, 0.6) is 0 Å². The molecule has 2 saturated heterocycles. The number of para-hydroxylation sites is 1. The molecular weight excluding hydrogens is 508 g/mol. The third-order valence-corrected chi connectivity index (χ3v) is 9.38. The zero-order valence-electron chi connectivity index (χ0n) is 23.7. The largest absolute Gasteiger partial charge is 0.368 e. The Bertz CT molecular complexity index is 1840. The summed E-state index contributed by atoms with van der Waals surface area (Å²) in [5.41, 5.74) is 9.17. The highest BCUT2D eigenvalue weighted by molar-refractivity contribution is 6.17. The minimum absolute atomic E-state index is 0.0491. The highest BCUT2D eigenvalue weighted by Crippen LogP contribution is 2.39. The number of anilines is 2. The van der Waals surface area contributed by atoms with Crippen molar-refractivity contribution in [1.82, 2.24) is 19.4 Å². The van der Waals surface area contributed by atoms with Crippen LogP contribution in [0.25, 0.3) is 33.1 Å². The van der Waals surface area contributed by atoms with Gasteiger partial charge in [-0.25, -0.2) is 0 Å². The first-order valence-electron chi connectivity index (χ1n) is 14.8. The topological polar surface area (TPSA) is 57.5 Å². The number of aryl methyl sites for hydroxylation is 2. The van der Waals surface area contributed by atoms with Crippen LogP contribution in [-0.4, -0.2) is 64.1 Å². The van der Waals surface area contributed by atoms with Crippen LogP contribution in [0.4, 0.5) is 11.4 Å². The number of nitrogens with zero attached hydrogens (tertiary/aromatic N) is 6. The van der Waals surface area contributed by atoms with E-state index in [2.05, 4.69) is 44.7 Å². The van der Waals surface area contributed by atoms with Gasteiger partial charge in [-0.2, -0.15) is 0 Å². The molecule has 0 spiro atoms. The Hall–Kier alpha value is -4.23. The van der Waals surface area contributed by atoms with E-state index in [0.717, 1.165) is 76.1 Å². The van der Waals surface area contributed by atoms with Crippen molar-refractivity contribution < 1.29 is 4.79 Å². The highest BCUT2D eigenvalue weighted by atomic mass is 16.2. The number of pyridine rings is 2. The molecule has 1 amide bonds. The van der Waals surface area contributed by atoms with Gasteiger partial charge < -0.3 is 14.4 Å². The summed E-state index contributed by atoms with van der Waals surface area (Å²) in [6.07, 6.45) is 7.35. The Morgan fingerprint density at radius 1 is 0.951 bits per heavy atom. The van der Waals surface area contributed by atoms with Crippen LogP contribution in [-0.2, 0) is 13.5 Å². The second kappa shape index (κ2) is 9.42. The lowest BCUT2D eigenvalue weighted by Gasteiger charge is -2.39. The number of benzene rings is 2. The first-order chi connectivity index (χ1) is 20.0. The summed E-state index contributed by atoms with van der Waals surface area (Å²) in [5.74, 6) is 0.0491. The van der Waals surface area contributed by atoms with E-state index in [-0.39, 0.29) is 5.91 Å². The number of piperazine rings is 1. The molecule has 3 aliphatic rings. The Kier molecular flexibility index (Phi) is 5.64. The maximum atomic E-state index is 14.3. The molecule has 41 heavy (non-hydrogen) atoms. The molecule has 0 bridgehead atoms. The van der Waals surface area contributed by atoms with Gasteiger partial charge in [-0.3, -0.25) is 19.7 Å². The van der Waals surface area contributed by atoms with Crippen molar-refractivity contribution in [3.8, 4) is 11.3 Å². The molecule has 5 aromatic rings. The SMILES string of the molecule is Cc1cccc(-c2cccc3c(C(=O)N4CCc5cc6nccc(N7CCN8CCC[C@H]8C7)c6cc54)cn(C)c23)n1. The van der Waals surface area contributed by atoms with Crippen molar-refractivity contribution >= 4 is 39.1 Å². The molecule has 8 rings (SSSR count). The average molecular weight is 543 g/mol. The molecular formula is C34H34N6O. The Morgan fingerprint density at radius 2 is 1.85 bits per heavy atom. The molecule has 6 heterocycles. The first-order valence-corrected chi connectivity index (χ1v) is 14.8. The van der Waals surface area contributed by atoms with Gasteiger partial charge in [0.2, 0.25) is 0 Å². The van der Waals surface area contributed by atoms with Crippen LogP contribution >= 0.6 is 0 Å². The molecule has 0 aliphatic carbocycles. The van der Waals surface area contributed by atoms with Gasteiger partial charge in [0.1, 0.15) is 0 Å². The van der Waals surface area contributed by atoms with Gasteiger partial charge >= 0.3 is 0 Å². The van der Waals surface area contributed by atoms with Gasteiger partial charge in [0, 0.05) is 85.1 Å². The zero-order valence-corrected chi connectivity index (χ0v) is 23.7. The van der Waals surface area contributed by atoms with Crippen molar-refractivity contribution in [3.05, 3.63) is 83.8 Å². The summed E-state index contributed by atoms with van der Waals surface area (Å²) in [6, 6.07) is 19.5. The van der Waals surface area contributed by atoms with E-state index in [1.165, 1.54) is 30.6 Å². The molecule has 0 N–H and O–H groups in total. The summed E-state index contributed by atoms with van der Waals surface area (Å²) in [5, 5.41) is 2.10. The van der Waals surface area contributed by atoms with Crippen molar-refractivity contribution in [2.75, 3.05) is 42.5 Å². The van der Waals surface area contributed by atoms with E-state index in [9.17, 15) is 4.79 Å². The molecule has 2 aromatic carbocycles. The van der Waals surface area contributed by atoms with Gasteiger partial charge in [-0.15, -0.1) is 0 Å². The smallest absolute Gasteiger partial charge is 0.260 e. The molecule has 0 saturated carbocycles. The molecule has 0 unspecified atom stereocenters. The van der Waals surface area contributed by atoms with E-state index >= 15 is 0 Å². The number of carbonyl (C=O) groups is 1. The van der Waals surface area contributed by atoms with Crippen LogP contribution in [0, 0.1) is 6.92 Å². The van der Waals surface area contributed by atoms with E-state index in [4.69, 9.17) is 9.97 Å². The van der Waals surface area contributed by atoms with Gasteiger partial charge in [0.15, 0.2) is 0 Å². The second-order valence-electron chi connectivity index (χ2n) is 11.8. The van der Waals surface area contributed by atoms with Crippen LogP contribution in [0.1, 0.15) is 34.5 Å². The normalized spacial score (nSPS) is 18.8. The number of carbonyl (C=O) groups excluding carboxylic acids is 1. The summed E-state index contributed by atoms with van der Waals surface area (Å²) in [6.45, 7) is 7.13. The third-order valence-electron chi connectivity index (χ3n) is 9.38. The molecule has 3 aliphatic heterocycles. The number of fused-ring (bicyclic) bond motifs is 4. The fourth-order valence-electron chi connectivity index (χ4n) is 7.39.